The van der Waals surface area contributed by atoms with Gasteiger partial charge in [0.15, 0.2) is 0 Å². The van der Waals surface area contributed by atoms with Crippen molar-refractivity contribution in [1.29, 1.82) is 0 Å². The number of nitrogens with zero attached hydrogens (tertiary/aromatic N) is 2. The van der Waals surface area contributed by atoms with Gasteiger partial charge < -0.3 is 10.3 Å². The Morgan fingerprint density at radius 2 is 1.92 bits per heavy atom. The van der Waals surface area contributed by atoms with Crippen molar-refractivity contribution >= 4 is 46.2 Å². The Balaban J connectivity index is 1.51. The summed E-state index contributed by atoms with van der Waals surface area (Å²) >= 11 is 12.1. The number of urea groups is 1. The molecular formula is C18H14Cl2N4O2. The molecule has 8 heteroatoms. The Morgan fingerprint density at radius 1 is 1.12 bits per heavy atom. The molecule has 2 N–H and O–H groups in total. The summed E-state index contributed by atoms with van der Waals surface area (Å²) in [6, 6.07) is 11.5. The molecule has 2 heterocycles. The molecule has 0 spiro atoms. The molecule has 1 aromatic heterocycles. The van der Waals surface area contributed by atoms with E-state index in [1.165, 1.54) is 0 Å². The van der Waals surface area contributed by atoms with Crippen molar-refractivity contribution < 1.29 is 9.59 Å². The third-order valence-electron chi connectivity index (χ3n) is 4.29. The average molecular weight is 389 g/mol. The lowest BCUT2D eigenvalue weighted by Gasteiger charge is -2.12. The fourth-order valence-corrected chi connectivity index (χ4v) is 3.49. The molecule has 1 atom stereocenters. The Hall–Kier alpha value is -2.57. The summed E-state index contributed by atoms with van der Waals surface area (Å²) in [5.74, 6) is 0.251. The monoisotopic (exact) mass is 388 g/mol. The van der Waals surface area contributed by atoms with Crippen molar-refractivity contribution in [3.05, 3.63) is 63.9 Å². The largest absolute Gasteiger partial charge is 0.340 e. The smallest absolute Gasteiger partial charge is 0.325 e. The van der Waals surface area contributed by atoms with Crippen molar-refractivity contribution in [1.82, 2.24) is 20.2 Å². The number of imidazole rings is 1. The summed E-state index contributed by atoms with van der Waals surface area (Å²) in [6.07, 6.45) is 0.303. The molecule has 1 saturated heterocycles. The molecule has 3 amide bonds. The highest BCUT2D eigenvalue weighted by molar-refractivity contribution is 6.35. The van der Waals surface area contributed by atoms with Gasteiger partial charge in [-0.05, 0) is 29.8 Å². The summed E-state index contributed by atoms with van der Waals surface area (Å²) in [5, 5.41) is 3.69. The van der Waals surface area contributed by atoms with Gasteiger partial charge in [0.2, 0.25) is 0 Å². The molecule has 26 heavy (non-hydrogen) atoms. The summed E-state index contributed by atoms with van der Waals surface area (Å²) < 4.78 is 0. The number of para-hydroxylation sites is 2. The fourth-order valence-electron chi connectivity index (χ4n) is 3.00. The zero-order valence-corrected chi connectivity index (χ0v) is 15.0. The normalized spacial score (nSPS) is 17.2. The first-order chi connectivity index (χ1) is 12.5. The van der Waals surface area contributed by atoms with E-state index in [0.29, 0.717) is 22.3 Å². The maximum atomic E-state index is 12.6. The number of halogens is 2. The van der Waals surface area contributed by atoms with Crippen LogP contribution < -0.4 is 5.32 Å². The highest BCUT2D eigenvalue weighted by atomic mass is 35.5. The predicted octanol–water partition coefficient (Wildman–Crippen LogP) is 3.53. The summed E-state index contributed by atoms with van der Waals surface area (Å²) in [5.41, 5.74) is 2.40. The lowest BCUT2D eigenvalue weighted by Crippen LogP contribution is -2.32. The molecular weight excluding hydrogens is 375 g/mol. The lowest BCUT2D eigenvalue weighted by molar-refractivity contribution is -0.127. The van der Waals surface area contributed by atoms with Crippen LogP contribution in [0.2, 0.25) is 10.0 Å². The van der Waals surface area contributed by atoms with Crippen LogP contribution >= 0.6 is 23.2 Å². The van der Waals surface area contributed by atoms with Crippen LogP contribution in [0.1, 0.15) is 11.4 Å². The number of imide groups is 1. The Morgan fingerprint density at radius 3 is 2.69 bits per heavy atom. The van der Waals surface area contributed by atoms with Gasteiger partial charge in [-0.3, -0.25) is 9.69 Å². The van der Waals surface area contributed by atoms with Gasteiger partial charge in [-0.1, -0.05) is 41.4 Å². The van der Waals surface area contributed by atoms with E-state index in [-0.39, 0.29) is 12.5 Å². The second-order valence-electron chi connectivity index (χ2n) is 6.07. The van der Waals surface area contributed by atoms with Crippen LogP contribution in [0.4, 0.5) is 4.79 Å². The number of amides is 3. The van der Waals surface area contributed by atoms with Crippen molar-refractivity contribution in [3.8, 4) is 0 Å². The van der Waals surface area contributed by atoms with Crippen LogP contribution in [-0.2, 0) is 17.8 Å². The molecule has 0 aliphatic carbocycles. The molecule has 6 nitrogen and oxygen atoms in total. The summed E-state index contributed by atoms with van der Waals surface area (Å²) in [4.78, 5) is 33.6. The molecule has 2 aromatic carbocycles. The van der Waals surface area contributed by atoms with Crippen LogP contribution in [-0.4, -0.2) is 32.8 Å². The van der Waals surface area contributed by atoms with E-state index < -0.39 is 12.1 Å². The van der Waals surface area contributed by atoms with Gasteiger partial charge in [0.1, 0.15) is 11.9 Å². The molecule has 132 valence electrons. The SMILES string of the molecule is O=C1NC(Cc2ccc(Cl)cc2Cl)C(=O)N1Cc1nc2ccccc2[nH]1. The maximum Gasteiger partial charge on any atom is 0.325 e. The molecule has 1 fully saturated rings. The molecule has 1 aliphatic heterocycles. The van der Waals surface area contributed by atoms with Gasteiger partial charge >= 0.3 is 6.03 Å². The van der Waals surface area contributed by atoms with E-state index in [9.17, 15) is 9.59 Å². The molecule has 0 radical (unpaired) electrons. The molecule has 0 saturated carbocycles. The number of aromatic amines is 1. The third kappa shape index (κ3) is 3.13. The van der Waals surface area contributed by atoms with Gasteiger partial charge in [0, 0.05) is 16.5 Å². The van der Waals surface area contributed by atoms with Gasteiger partial charge in [-0.15, -0.1) is 0 Å². The van der Waals surface area contributed by atoms with Crippen molar-refractivity contribution in [2.24, 2.45) is 0 Å². The van der Waals surface area contributed by atoms with Gasteiger partial charge in [0.05, 0.1) is 17.6 Å². The molecule has 0 bridgehead atoms. The second kappa shape index (κ2) is 6.63. The number of carbonyl (C=O) groups excluding carboxylic acids is 2. The van der Waals surface area contributed by atoms with E-state index in [1.807, 2.05) is 24.3 Å². The van der Waals surface area contributed by atoms with E-state index in [4.69, 9.17) is 23.2 Å². The molecule has 1 aliphatic rings. The minimum Gasteiger partial charge on any atom is -0.340 e. The van der Waals surface area contributed by atoms with E-state index in [1.54, 1.807) is 18.2 Å². The summed E-state index contributed by atoms with van der Waals surface area (Å²) in [6.45, 7) is 0.0875. The number of hydrogen-bond donors (Lipinski definition) is 2. The topological polar surface area (TPSA) is 78.1 Å². The Labute approximate surface area is 159 Å². The first kappa shape index (κ1) is 16.9. The van der Waals surface area contributed by atoms with Crippen molar-refractivity contribution in [2.45, 2.75) is 19.0 Å². The summed E-state index contributed by atoms with van der Waals surface area (Å²) in [7, 11) is 0. The first-order valence-electron chi connectivity index (χ1n) is 8.00. The van der Waals surface area contributed by atoms with Crippen LogP contribution in [0.25, 0.3) is 11.0 Å². The Kier molecular flexibility index (Phi) is 4.30. The number of H-pyrrole nitrogens is 1. The second-order valence-corrected chi connectivity index (χ2v) is 6.91. The number of aromatic nitrogens is 2. The number of benzene rings is 2. The van der Waals surface area contributed by atoms with E-state index in [0.717, 1.165) is 21.5 Å². The van der Waals surface area contributed by atoms with Crippen LogP contribution in [0.5, 0.6) is 0 Å². The first-order valence-corrected chi connectivity index (χ1v) is 8.76. The minimum atomic E-state index is -0.662. The van der Waals surface area contributed by atoms with E-state index in [2.05, 4.69) is 15.3 Å². The number of rotatable bonds is 4. The number of hydrogen-bond acceptors (Lipinski definition) is 3. The number of carbonyl (C=O) groups is 2. The van der Waals surface area contributed by atoms with Crippen molar-refractivity contribution in [3.63, 3.8) is 0 Å². The fraction of sp³-hybridized carbons (Fsp3) is 0.167. The van der Waals surface area contributed by atoms with Gasteiger partial charge in [0.25, 0.3) is 5.91 Å². The number of nitrogens with one attached hydrogen (secondary N) is 2. The Bertz CT molecular complexity index is 984. The quantitative estimate of drug-likeness (QED) is 0.671. The highest BCUT2D eigenvalue weighted by Gasteiger charge is 2.38. The zero-order valence-electron chi connectivity index (χ0n) is 13.5. The third-order valence-corrected chi connectivity index (χ3v) is 4.88. The average Bonchev–Trinajstić information content (AvgIpc) is 3.13. The standard InChI is InChI=1S/C18H14Cl2N4O2/c19-11-6-5-10(12(20)8-11)7-15-17(25)24(18(26)23-15)9-16-21-13-3-1-2-4-14(13)22-16/h1-6,8,15H,7,9H2,(H,21,22)(H,23,26). The van der Waals surface area contributed by atoms with Crippen LogP contribution in [0.15, 0.2) is 42.5 Å². The molecule has 4 rings (SSSR count). The zero-order chi connectivity index (χ0) is 18.3. The minimum absolute atomic E-state index is 0.0875. The van der Waals surface area contributed by atoms with Crippen molar-refractivity contribution in [2.75, 3.05) is 0 Å². The highest BCUT2D eigenvalue weighted by Crippen LogP contribution is 2.24. The lowest BCUT2D eigenvalue weighted by atomic mass is 10.1. The number of fused-ring (bicyclic) bond motifs is 1. The predicted molar refractivity (Wildman–Crippen MR) is 99.1 cm³/mol. The van der Waals surface area contributed by atoms with Crippen LogP contribution in [0.3, 0.4) is 0 Å². The maximum absolute atomic E-state index is 12.6. The van der Waals surface area contributed by atoms with Crippen LogP contribution in [0, 0.1) is 0 Å². The molecule has 1 unspecified atom stereocenters. The van der Waals surface area contributed by atoms with Gasteiger partial charge in [-0.25, -0.2) is 9.78 Å². The molecule has 3 aromatic rings. The van der Waals surface area contributed by atoms with E-state index >= 15 is 0 Å². The van der Waals surface area contributed by atoms with Gasteiger partial charge in [-0.2, -0.15) is 0 Å².